The van der Waals surface area contributed by atoms with Gasteiger partial charge in [0.2, 0.25) is 0 Å². The lowest BCUT2D eigenvalue weighted by Crippen LogP contribution is -2.27. The van der Waals surface area contributed by atoms with E-state index < -0.39 is 0 Å². The lowest BCUT2D eigenvalue weighted by molar-refractivity contribution is 0.170. The van der Waals surface area contributed by atoms with Gasteiger partial charge in [-0.05, 0) is 19.3 Å². The Bertz CT molecular complexity index is 381. The first-order valence-electron chi connectivity index (χ1n) is 7.20. The molecule has 3 N–H and O–H groups in total. The maximum Gasteiger partial charge on any atom is 0.135 e. The molecule has 1 aromatic rings. The molecule has 0 spiro atoms. The molecular weight excluding hydrogens is 256 g/mol. The molecule has 0 bridgehead atoms. The minimum atomic E-state index is 0.0456. The van der Waals surface area contributed by atoms with Gasteiger partial charge in [-0.15, -0.1) is 0 Å². The second kappa shape index (κ2) is 9.50. The van der Waals surface area contributed by atoms with Gasteiger partial charge < -0.3 is 20.5 Å². The van der Waals surface area contributed by atoms with E-state index in [2.05, 4.69) is 34.4 Å². The third kappa shape index (κ3) is 4.94. The fourth-order valence-corrected chi connectivity index (χ4v) is 2.01. The van der Waals surface area contributed by atoms with E-state index in [1.54, 1.807) is 13.4 Å². The maximum absolute atomic E-state index is 9.10. The molecule has 114 valence electrons. The first kappa shape index (κ1) is 16.7. The van der Waals surface area contributed by atoms with Crippen molar-refractivity contribution in [2.45, 2.75) is 39.2 Å². The Hall–Kier alpha value is -1.40. The minimum Gasteiger partial charge on any atom is -0.396 e. The van der Waals surface area contributed by atoms with Crippen molar-refractivity contribution in [2.75, 3.05) is 37.5 Å². The summed E-state index contributed by atoms with van der Waals surface area (Å²) >= 11 is 0. The van der Waals surface area contributed by atoms with Gasteiger partial charge in [-0.3, -0.25) is 0 Å². The maximum atomic E-state index is 9.10. The normalized spacial score (nSPS) is 12.2. The van der Waals surface area contributed by atoms with Gasteiger partial charge >= 0.3 is 0 Å². The van der Waals surface area contributed by atoms with Crippen LogP contribution in [0, 0.1) is 0 Å². The van der Waals surface area contributed by atoms with E-state index >= 15 is 0 Å². The van der Waals surface area contributed by atoms with E-state index in [0.717, 1.165) is 36.6 Å². The molecule has 0 aliphatic carbocycles. The van der Waals surface area contributed by atoms with Crippen molar-refractivity contribution < 1.29 is 9.84 Å². The molecule has 6 heteroatoms. The number of rotatable bonds is 10. The van der Waals surface area contributed by atoms with Crippen molar-refractivity contribution in [3.63, 3.8) is 0 Å². The van der Waals surface area contributed by atoms with Gasteiger partial charge in [-0.2, -0.15) is 0 Å². The molecule has 1 aromatic heterocycles. The zero-order valence-electron chi connectivity index (χ0n) is 12.6. The van der Waals surface area contributed by atoms with E-state index in [4.69, 9.17) is 9.84 Å². The van der Waals surface area contributed by atoms with Gasteiger partial charge in [0.05, 0.1) is 12.6 Å². The Morgan fingerprint density at radius 3 is 2.65 bits per heavy atom. The number of ether oxygens (including phenoxy) is 1. The second-order valence-corrected chi connectivity index (χ2v) is 4.64. The van der Waals surface area contributed by atoms with Gasteiger partial charge in [0, 0.05) is 25.8 Å². The molecule has 0 radical (unpaired) electrons. The lowest BCUT2D eigenvalue weighted by atomic mass is 10.1. The van der Waals surface area contributed by atoms with Gasteiger partial charge in [0.1, 0.15) is 18.0 Å². The standard InChI is InChI=1S/C14H26N4O2/c1-4-7-15-13-12(5-2)14(17-10-16-13)18-11(6-8-19)9-20-3/h10-11,19H,4-9H2,1-3H3,(H2,15,16,17,18). The SMILES string of the molecule is CCCNc1ncnc(NC(CCO)COC)c1CC. The molecule has 20 heavy (non-hydrogen) atoms. The third-order valence-corrected chi connectivity index (χ3v) is 3.03. The Morgan fingerprint density at radius 1 is 1.30 bits per heavy atom. The van der Waals surface area contributed by atoms with Crippen LogP contribution in [0.1, 0.15) is 32.3 Å². The van der Waals surface area contributed by atoms with Crippen molar-refractivity contribution in [3.05, 3.63) is 11.9 Å². The molecule has 6 nitrogen and oxygen atoms in total. The fourth-order valence-electron chi connectivity index (χ4n) is 2.01. The number of methoxy groups -OCH3 is 1. The summed E-state index contributed by atoms with van der Waals surface area (Å²) in [6.07, 6.45) is 4.07. The number of hydrogen-bond acceptors (Lipinski definition) is 6. The van der Waals surface area contributed by atoms with Gasteiger partial charge in [0.25, 0.3) is 0 Å². The summed E-state index contributed by atoms with van der Waals surface area (Å²) in [4.78, 5) is 8.63. The van der Waals surface area contributed by atoms with Crippen molar-refractivity contribution in [1.29, 1.82) is 0 Å². The smallest absolute Gasteiger partial charge is 0.135 e. The molecule has 0 aromatic carbocycles. The van der Waals surface area contributed by atoms with Crippen LogP contribution in [0.3, 0.4) is 0 Å². The van der Waals surface area contributed by atoms with Crippen LogP contribution in [-0.4, -0.2) is 48.0 Å². The molecule has 0 fully saturated rings. The zero-order valence-corrected chi connectivity index (χ0v) is 12.6. The van der Waals surface area contributed by atoms with Crippen LogP contribution in [0.4, 0.5) is 11.6 Å². The third-order valence-electron chi connectivity index (χ3n) is 3.03. The Balaban J connectivity index is 2.86. The highest BCUT2D eigenvalue weighted by Gasteiger charge is 2.14. The van der Waals surface area contributed by atoms with E-state index in [0.29, 0.717) is 13.0 Å². The fraction of sp³-hybridized carbons (Fsp3) is 0.714. The van der Waals surface area contributed by atoms with Gasteiger partial charge in [-0.1, -0.05) is 13.8 Å². The second-order valence-electron chi connectivity index (χ2n) is 4.64. The number of aliphatic hydroxyl groups excluding tert-OH is 1. The molecular formula is C14H26N4O2. The number of anilines is 2. The topological polar surface area (TPSA) is 79.3 Å². The zero-order chi connectivity index (χ0) is 14.8. The number of aliphatic hydroxyl groups is 1. The highest BCUT2D eigenvalue weighted by molar-refractivity contribution is 5.57. The van der Waals surface area contributed by atoms with Crippen LogP contribution >= 0.6 is 0 Å². The summed E-state index contributed by atoms with van der Waals surface area (Å²) in [5, 5.41) is 15.8. The molecule has 0 aliphatic heterocycles. The van der Waals surface area contributed by atoms with E-state index in [1.807, 2.05) is 0 Å². The monoisotopic (exact) mass is 282 g/mol. The molecule has 0 aliphatic rings. The van der Waals surface area contributed by atoms with Gasteiger partial charge in [0.15, 0.2) is 0 Å². The molecule has 1 rings (SSSR count). The number of nitrogens with zero attached hydrogens (tertiary/aromatic N) is 2. The average Bonchev–Trinajstić information content (AvgIpc) is 2.45. The summed E-state index contributed by atoms with van der Waals surface area (Å²) in [6.45, 7) is 5.74. The van der Waals surface area contributed by atoms with Crippen LogP contribution in [0.5, 0.6) is 0 Å². The van der Waals surface area contributed by atoms with Crippen LogP contribution in [-0.2, 0) is 11.2 Å². The molecule has 0 saturated heterocycles. The van der Waals surface area contributed by atoms with E-state index in [9.17, 15) is 0 Å². The summed E-state index contributed by atoms with van der Waals surface area (Å²) in [7, 11) is 1.65. The lowest BCUT2D eigenvalue weighted by Gasteiger charge is -2.20. The largest absolute Gasteiger partial charge is 0.396 e. The molecule has 1 atom stereocenters. The quantitative estimate of drug-likeness (QED) is 0.606. The molecule has 0 saturated carbocycles. The first-order valence-corrected chi connectivity index (χ1v) is 7.20. The van der Waals surface area contributed by atoms with Crippen LogP contribution < -0.4 is 10.6 Å². The predicted molar refractivity (Wildman–Crippen MR) is 81.2 cm³/mol. The predicted octanol–water partition coefficient (Wildman–Crippen LogP) is 1.67. The van der Waals surface area contributed by atoms with E-state index in [1.165, 1.54) is 0 Å². The highest BCUT2D eigenvalue weighted by Crippen LogP contribution is 2.21. The van der Waals surface area contributed by atoms with Crippen molar-refractivity contribution in [3.8, 4) is 0 Å². The van der Waals surface area contributed by atoms with E-state index in [-0.39, 0.29) is 12.6 Å². The summed E-state index contributed by atoms with van der Waals surface area (Å²) in [6, 6.07) is 0.0456. The Labute approximate surface area is 121 Å². The highest BCUT2D eigenvalue weighted by atomic mass is 16.5. The van der Waals surface area contributed by atoms with Crippen molar-refractivity contribution in [2.24, 2.45) is 0 Å². The summed E-state index contributed by atoms with van der Waals surface area (Å²) in [5.74, 6) is 1.70. The Morgan fingerprint density at radius 2 is 2.05 bits per heavy atom. The molecule has 1 unspecified atom stereocenters. The van der Waals surface area contributed by atoms with Crippen LogP contribution in [0.15, 0.2) is 6.33 Å². The number of hydrogen-bond donors (Lipinski definition) is 3. The molecule has 0 amide bonds. The van der Waals surface area contributed by atoms with Crippen molar-refractivity contribution >= 4 is 11.6 Å². The van der Waals surface area contributed by atoms with Gasteiger partial charge in [-0.25, -0.2) is 9.97 Å². The minimum absolute atomic E-state index is 0.0456. The first-order chi connectivity index (χ1) is 9.76. The number of nitrogens with one attached hydrogen (secondary N) is 2. The summed E-state index contributed by atoms with van der Waals surface area (Å²) < 4.78 is 5.16. The van der Waals surface area contributed by atoms with Crippen LogP contribution in [0.25, 0.3) is 0 Å². The van der Waals surface area contributed by atoms with Crippen molar-refractivity contribution in [1.82, 2.24) is 9.97 Å². The summed E-state index contributed by atoms with van der Waals surface area (Å²) in [5.41, 5.74) is 1.07. The molecule has 1 heterocycles. The Kier molecular flexibility index (Phi) is 7.91. The van der Waals surface area contributed by atoms with Crippen LogP contribution in [0.2, 0.25) is 0 Å². The average molecular weight is 282 g/mol. The number of aromatic nitrogens is 2.